The molecule has 2 aromatic heterocycles. The molecule has 1 aromatic carbocycles. The molecule has 3 aromatic rings. The quantitative estimate of drug-likeness (QED) is 0.0851. The van der Waals surface area contributed by atoms with Crippen molar-refractivity contribution >= 4 is 53.4 Å². The number of nitro groups is 1. The van der Waals surface area contributed by atoms with Gasteiger partial charge in [-0.2, -0.15) is 0 Å². The average Bonchev–Trinajstić information content (AvgIpc) is 3.61. The predicted molar refractivity (Wildman–Crippen MR) is 161 cm³/mol. The first-order chi connectivity index (χ1) is 20.1. The number of aromatic nitrogens is 2. The van der Waals surface area contributed by atoms with E-state index in [2.05, 4.69) is 38.8 Å². The first-order valence-corrected chi connectivity index (χ1v) is 17.6. The van der Waals surface area contributed by atoms with E-state index in [9.17, 15) is 29.6 Å². The molecule has 1 amide bonds. The normalized spacial score (nSPS) is 19.4. The molecule has 1 N–H and O–H groups in total. The Labute approximate surface area is 253 Å². The number of β-lactam (4-membered cyclic amide) rings is 1. The number of benzene rings is 1. The van der Waals surface area contributed by atoms with E-state index in [0.29, 0.717) is 27.3 Å². The Morgan fingerprint density at radius 1 is 1.26 bits per heavy atom. The molecule has 3 atom stereocenters. The highest BCUT2D eigenvalue weighted by Crippen LogP contribution is 2.48. The van der Waals surface area contributed by atoms with E-state index >= 15 is 0 Å². The first-order valence-electron chi connectivity index (χ1n) is 13.9. The summed E-state index contributed by atoms with van der Waals surface area (Å²) in [6.45, 7) is 11.8. The van der Waals surface area contributed by atoms with Gasteiger partial charge in [0, 0.05) is 23.9 Å². The van der Waals surface area contributed by atoms with Crippen LogP contribution < -0.4 is 0 Å². The van der Waals surface area contributed by atoms with Crippen LogP contribution >= 0.6 is 11.3 Å². The average molecular weight is 627 g/mol. The highest BCUT2D eigenvalue weighted by atomic mass is 32.1. The van der Waals surface area contributed by atoms with E-state index in [4.69, 9.17) is 9.16 Å². The summed E-state index contributed by atoms with van der Waals surface area (Å²) in [5.41, 5.74) is 1.42. The Kier molecular flexibility index (Phi) is 7.92. The van der Waals surface area contributed by atoms with Gasteiger partial charge >= 0.3 is 5.97 Å². The van der Waals surface area contributed by atoms with Crippen molar-refractivity contribution in [2.45, 2.75) is 71.0 Å². The fourth-order valence-corrected chi connectivity index (χ4v) is 7.14. The topological polar surface area (TPSA) is 154 Å². The molecule has 0 bridgehead atoms. The van der Waals surface area contributed by atoms with Crippen molar-refractivity contribution < 1.29 is 33.6 Å². The molecule has 43 heavy (non-hydrogen) atoms. The molecule has 12 nitrogen and oxygen atoms in total. The number of aliphatic hydroxyl groups excluding tert-OH is 1. The maximum absolute atomic E-state index is 13.5. The summed E-state index contributed by atoms with van der Waals surface area (Å²) in [7, 11) is -2.16. The van der Waals surface area contributed by atoms with Crippen LogP contribution in [0.1, 0.15) is 55.0 Å². The van der Waals surface area contributed by atoms with Crippen molar-refractivity contribution in [3.63, 3.8) is 0 Å². The fraction of sp³-hybridized carbons (Fsp3) is 0.448. The molecule has 1 fully saturated rings. The van der Waals surface area contributed by atoms with E-state index < -0.39 is 37.3 Å². The number of hydrogen-bond donors (Lipinski definition) is 1. The monoisotopic (exact) mass is 626 g/mol. The summed E-state index contributed by atoms with van der Waals surface area (Å²) in [6.07, 6.45) is 2.75. The van der Waals surface area contributed by atoms with Gasteiger partial charge in [-0.15, -0.1) is 11.3 Å². The number of carbonyl (C=O) groups excluding carboxylic acids is 3. The minimum atomic E-state index is -2.16. The lowest BCUT2D eigenvalue weighted by atomic mass is 9.83. The summed E-state index contributed by atoms with van der Waals surface area (Å²) in [5, 5.41) is 21.1. The zero-order valence-corrected chi connectivity index (χ0v) is 26.6. The van der Waals surface area contributed by atoms with Crippen LogP contribution in [0.25, 0.3) is 10.4 Å². The molecule has 2 aliphatic rings. The van der Waals surface area contributed by atoms with Crippen LogP contribution in [-0.2, 0) is 25.4 Å². The minimum absolute atomic E-state index is 0.0542. The number of thiazole rings is 1. The Morgan fingerprint density at radius 2 is 1.93 bits per heavy atom. The molecule has 2 aliphatic heterocycles. The fourth-order valence-electron chi connectivity index (χ4n) is 5.07. The van der Waals surface area contributed by atoms with Crippen LogP contribution in [0.2, 0.25) is 18.1 Å². The summed E-state index contributed by atoms with van der Waals surface area (Å²) < 4.78 is 13.4. The number of carbonyl (C=O) groups is 3. The molecular weight excluding hydrogens is 592 g/mol. The molecule has 0 spiro atoms. The van der Waals surface area contributed by atoms with Gasteiger partial charge in [-0.3, -0.25) is 24.1 Å². The largest absolute Gasteiger partial charge is 0.456 e. The SMILES string of the molecule is C[C@@H](O)[C@H]1C(=O)N2C(C(=O)OCc3ccc([N+](=O)[O-])cc3)=C(c3cn4cnc(C(=O)CO[Si](C)(C)C(C)(C)C)c4s3)C[C@H]12. The molecular formula is C29H34N4O8SSi. The van der Waals surface area contributed by atoms with Gasteiger partial charge in [0.2, 0.25) is 11.7 Å². The van der Waals surface area contributed by atoms with Crippen molar-refractivity contribution in [1.82, 2.24) is 14.3 Å². The zero-order valence-electron chi connectivity index (χ0n) is 24.8. The number of ether oxygens (including phenoxy) is 1. The van der Waals surface area contributed by atoms with Crippen LogP contribution in [-0.4, -0.2) is 69.0 Å². The standard InChI is InChI=1S/C29H34N4O8SSi/c1-16(34)23-20-11-19(25(32(20)26(23)36)28(37)40-13-17-7-9-18(10-8-17)33(38)39)22-12-31-15-30-24(27(31)42-22)21(35)14-41-43(5,6)29(2,3)4/h7-10,12,15-16,20,23,34H,11,13-14H2,1-6H3/t16-,20-,23-/m1/s1. The second kappa shape index (κ2) is 11.1. The van der Waals surface area contributed by atoms with Crippen LogP contribution in [0, 0.1) is 16.0 Å². The number of esters is 1. The number of Topliss-reactive ketones (excluding diaryl/α,β-unsaturated/α-hetero) is 1. The molecule has 0 unspecified atom stereocenters. The van der Waals surface area contributed by atoms with Gasteiger partial charge in [0.15, 0.2) is 8.32 Å². The number of amides is 1. The smallest absolute Gasteiger partial charge is 0.355 e. The lowest BCUT2D eigenvalue weighted by Gasteiger charge is -2.44. The van der Waals surface area contributed by atoms with Crippen LogP contribution in [0.3, 0.4) is 0 Å². The number of rotatable bonds is 10. The number of fused-ring (bicyclic) bond motifs is 2. The van der Waals surface area contributed by atoms with Crippen molar-refractivity contribution in [3.05, 3.63) is 68.7 Å². The molecule has 228 valence electrons. The van der Waals surface area contributed by atoms with Gasteiger partial charge in [-0.25, -0.2) is 9.78 Å². The predicted octanol–water partition coefficient (Wildman–Crippen LogP) is 4.57. The van der Waals surface area contributed by atoms with Crippen molar-refractivity contribution in [2.24, 2.45) is 5.92 Å². The number of imidazole rings is 1. The lowest BCUT2D eigenvalue weighted by molar-refractivity contribution is -0.384. The van der Waals surface area contributed by atoms with Crippen molar-refractivity contribution in [3.8, 4) is 0 Å². The van der Waals surface area contributed by atoms with Crippen molar-refractivity contribution in [1.29, 1.82) is 0 Å². The maximum Gasteiger partial charge on any atom is 0.355 e. The van der Waals surface area contributed by atoms with Crippen molar-refractivity contribution in [2.75, 3.05) is 6.61 Å². The Bertz CT molecular complexity index is 1650. The van der Waals surface area contributed by atoms with Gasteiger partial charge in [-0.05, 0) is 49.2 Å². The van der Waals surface area contributed by atoms with E-state index in [1.54, 1.807) is 17.5 Å². The molecule has 0 saturated carbocycles. The third kappa shape index (κ3) is 5.55. The van der Waals surface area contributed by atoms with Gasteiger partial charge in [0.25, 0.3) is 5.69 Å². The van der Waals surface area contributed by atoms with Crippen LogP contribution in [0.4, 0.5) is 5.69 Å². The Morgan fingerprint density at radius 3 is 2.53 bits per heavy atom. The molecule has 14 heteroatoms. The van der Waals surface area contributed by atoms with Gasteiger partial charge in [0.1, 0.15) is 29.2 Å². The number of non-ortho nitro benzene ring substituents is 1. The molecule has 4 heterocycles. The number of nitrogens with zero attached hydrogens (tertiary/aromatic N) is 4. The number of aliphatic hydroxyl groups is 1. The molecule has 5 rings (SSSR count). The number of ketones is 1. The highest BCUT2D eigenvalue weighted by molar-refractivity contribution is 7.18. The van der Waals surface area contributed by atoms with E-state index in [1.165, 1.54) is 46.8 Å². The third-order valence-electron chi connectivity index (χ3n) is 8.58. The summed E-state index contributed by atoms with van der Waals surface area (Å²) >= 11 is 1.28. The second-order valence-corrected chi connectivity index (χ2v) is 18.3. The molecule has 0 radical (unpaired) electrons. The van der Waals surface area contributed by atoms with Crippen LogP contribution in [0.15, 0.2) is 42.5 Å². The van der Waals surface area contributed by atoms with E-state index in [1.807, 2.05) is 0 Å². The highest BCUT2D eigenvalue weighted by Gasteiger charge is 2.57. The lowest BCUT2D eigenvalue weighted by Crippen LogP contribution is -2.61. The maximum atomic E-state index is 13.5. The summed E-state index contributed by atoms with van der Waals surface area (Å²) in [4.78, 5) is 57.1. The minimum Gasteiger partial charge on any atom is -0.456 e. The Hall–Kier alpha value is -3.72. The van der Waals surface area contributed by atoms with E-state index in [0.717, 1.165) is 0 Å². The van der Waals surface area contributed by atoms with Gasteiger partial charge < -0.3 is 19.2 Å². The number of nitro benzene ring substituents is 1. The zero-order chi connectivity index (χ0) is 31.4. The van der Waals surface area contributed by atoms with Gasteiger partial charge in [0.05, 0.1) is 34.5 Å². The third-order valence-corrected chi connectivity index (χ3v) is 14.2. The second-order valence-electron chi connectivity index (χ2n) is 12.4. The molecule has 0 aliphatic carbocycles. The number of hydrogen-bond acceptors (Lipinski definition) is 10. The Balaban J connectivity index is 1.42. The summed E-state index contributed by atoms with van der Waals surface area (Å²) in [6, 6.07) is 5.25. The van der Waals surface area contributed by atoms with Crippen LogP contribution in [0.5, 0.6) is 0 Å². The first kappa shape index (κ1) is 30.7. The summed E-state index contributed by atoms with van der Waals surface area (Å²) in [5.74, 6) is -1.96. The molecule has 1 saturated heterocycles. The van der Waals surface area contributed by atoms with Gasteiger partial charge in [-0.1, -0.05) is 20.8 Å². The van der Waals surface area contributed by atoms with E-state index in [-0.39, 0.29) is 47.0 Å².